The van der Waals surface area contributed by atoms with Crippen LogP contribution in [0.1, 0.15) is 156 Å². The standard InChI is InChI=1S/C74H76BN3OS/c1-69(2,3)45-28-31-49(32-29-45)77-61-39-50(76(47-22-17-15-18-23-47)48-24-19-16-20-25-48)40-62-65(61)75(68-66(77)53-41-54-57(44-64(53)80-68)74(13,14)37-34-71(54,7)8)58-42-55-56(73(11,12)36-35-72(55,9)10)43-60(58)78(62)59-27-21-26-51-52-38-46(70(4,5)6)30-33-63(52)79-67(51)59/h15-33,38-44H,34-37H2,1-14H3. The van der Waals surface area contributed by atoms with E-state index in [2.05, 4.69) is 269 Å². The molecule has 402 valence electrons. The first-order valence-electron chi connectivity index (χ1n) is 29.4. The van der Waals surface area contributed by atoms with Crippen LogP contribution in [0.2, 0.25) is 0 Å². The second-order valence-corrected chi connectivity index (χ2v) is 29.8. The number of hydrogen-bond donors (Lipinski definition) is 0. The average molecular weight is 1070 g/mol. The van der Waals surface area contributed by atoms with Crippen LogP contribution < -0.4 is 30.4 Å². The summed E-state index contributed by atoms with van der Waals surface area (Å²) in [5.41, 5.74) is 23.5. The maximum Gasteiger partial charge on any atom is 0.264 e. The maximum absolute atomic E-state index is 7.28. The fourth-order valence-electron chi connectivity index (χ4n) is 14.4. The molecule has 0 fully saturated rings. The van der Waals surface area contributed by atoms with Gasteiger partial charge in [-0.25, -0.2) is 0 Å². The molecule has 0 spiro atoms. The minimum absolute atomic E-state index is 0.00810. The Bertz CT molecular complexity index is 4120. The Hall–Kier alpha value is -7.02. The van der Waals surface area contributed by atoms with Crippen molar-refractivity contribution in [3.63, 3.8) is 0 Å². The van der Waals surface area contributed by atoms with E-state index in [1.807, 2.05) is 11.3 Å². The van der Waals surface area contributed by atoms with E-state index in [0.29, 0.717) is 0 Å². The molecule has 0 amide bonds. The highest BCUT2D eigenvalue weighted by Crippen LogP contribution is 2.56. The van der Waals surface area contributed by atoms with Crippen LogP contribution in [0, 0.1) is 0 Å². The van der Waals surface area contributed by atoms with Crippen molar-refractivity contribution >= 4 is 117 Å². The topological polar surface area (TPSA) is 22.9 Å². The fraction of sp³-hybridized carbons (Fsp3) is 0.324. The predicted octanol–water partition coefficient (Wildman–Crippen LogP) is 19.6. The molecule has 0 radical (unpaired) electrons. The summed E-state index contributed by atoms with van der Waals surface area (Å²) in [6.07, 6.45) is 4.59. The van der Waals surface area contributed by atoms with E-state index in [4.69, 9.17) is 4.42 Å². The van der Waals surface area contributed by atoms with Gasteiger partial charge in [0.05, 0.1) is 17.1 Å². The van der Waals surface area contributed by atoms with Crippen LogP contribution in [0.4, 0.5) is 51.2 Å². The van der Waals surface area contributed by atoms with Gasteiger partial charge in [0.2, 0.25) is 0 Å². The summed E-state index contributed by atoms with van der Waals surface area (Å²) in [5.74, 6) is 0. The fourth-order valence-corrected chi connectivity index (χ4v) is 15.7. The molecule has 10 aromatic rings. The van der Waals surface area contributed by atoms with Gasteiger partial charge in [0.25, 0.3) is 6.71 Å². The number of fused-ring (bicyclic) bond motifs is 11. The molecule has 8 aromatic carbocycles. The lowest BCUT2D eigenvalue weighted by Crippen LogP contribution is -2.61. The second-order valence-electron chi connectivity index (χ2n) is 28.7. The van der Waals surface area contributed by atoms with Gasteiger partial charge in [0.15, 0.2) is 5.58 Å². The van der Waals surface area contributed by atoms with Gasteiger partial charge in [-0.1, -0.05) is 170 Å². The summed E-state index contributed by atoms with van der Waals surface area (Å²) in [6.45, 7) is 33.7. The van der Waals surface area contributed by atoms with Crippen LogP contribution in [0.5, 0.6) is 0 Å². The molecule has 0 N–H and O–H groups in total. The van der Waals surface area contributed by atoms with Crippen LogP contribution in [0.15, 0.2) is 162 Å². The number of rotatable bonds is 5. The summed E-state index contributed by atoms with van der Waals surface area (Å²) in [7, 11) is 0. The summed E-state index contributed by atoms with van der Waals surface area (Å²) < 4.78 is 10.1. The first-order valence-corrected chi connectivity index (χ1v) is 30.3. The van der Waals surface area contributed by atoms with Crippen molar-refractivity contribution in [2.24, 2.45) is 0 Å². The Morgan fingerprint density at radius 3 is 1.59 bits per heavy atom. The lowest BCUT2D eigenvalue weighted by atomic mass is 9.35. The summed E-state index contributed by atoms with van der Waals surface area (Å²) in [6, 6.07) is 60.9. The largest absolute Gasteiger partial charge is 0.454 e. The first kappa shape index (κ1) is 51.2. The minimum Gasteiger partial charge on any atom is -0.454 e. The monoisotopic (exact) mass is 1070 g/mol. The van der Waals surface area contributed by atoms with E-state index in [9.17, 15) is 0 Å². The van der Waals surface area contributed by atoms with Crippen molar-refractivity contribution in [3.8, 4) is 0 Å². The molecule has 4 aliphatic rings. The summed E-state index contributed by atoms with van der Waals surface area (Å²) in [5, 5.41) is 3.64. The smallest absolute Gasteiger partial charge is 0.264 e. The van der Waals surface area contributed by atoms with Gasteiger partial charge in [-0.15, -0.1) is 11.3 Å². The zero-order valence-corrected chi connectivity index (χ0v) is 50.4. The molecule has 14 rings (SSSR count). The molecule has 80 heavy (non-hydrogen) atoms. The van der Waals surface area contributed by atoms with Crippen molar-refractivity contribution in [2.75, 3.05) is 14.7 Å². The molecule has 2 aliphatic heterocycles. The number of nitrogens with zero attached hydrogens (tertiary/aromatic N) is 3. The SMILES string of the molecule is CC(C)(C)c1ccc(N2c3cc(N(c4ccccc4)c4ccccc4)cc4c3B(c3cc5c(cc3N4c3cccc4c3oc3ccc(C(C)(C)C)cc34)C(C)(C)CCC5(C)C)c3sc4cc5c(cc4c32)C(C)(C)CCC5(C)C)cc1. The highest BCUT2D eigenvalue weighted by atomic mass is 32.1. The first-order chi connectivity index (χ1) is 37.9. The third-order valence-corrected chi connectivity index (χ3v) is 20.7. The summed E-state index contributed by atoms with van der Waals surface area (Å²) in [4.78, 5) is 7.79. The van der Waals surface area contributed by atoms with Gasteiger partial charge in [0.1, 0.15) is 5.58 Å². The number of anilines is 9. The molecule has 4 heterocycles. The summed E-state index contributed by atoms with van der Waals surface area (Å²) >= 11 is 2.04. The van der Waals surface area contributed by atoms with Crippen LogP contribution in [-0.2, 0) is 32.5 Å². The molecule has 4 nitrogen and oxygen atoms in total. The van der Waals surface area contributed by atoms with Gasteiger partial charge in [-0.2, -0.15) is 0 Å². The van der Waals surface area contributed by atoms with Crippen LogP contribution in [-0.4, -0.2) is 6.71 Å². The molecular formula is C74H76BN3OS. The molecule has 0 saturated carbocycles. The molecule has 6 heteroatoms. The Labute approximate surface area is 479 Å². The maximum atomic E-state index is 7.28. The third kappa shape index (κ3) is 7.74. The number of benzene rings is 8. The lowest BCUT2D eigenvalue weighted by Gasteiger charge is -2.47. The third-order valence-electron chi connectivity index (χ3n) is 19.5. The molecule has 0 unspecified atom stereocenters. The normalized spacial score (nSPS) is 17.5. The van der Waals surface area contributed by atoms with Gasteiger partial charge < -0.3 is 19.1 Å². The van der Waals surface area contributed by atoms with E-state index in [1.165, 1.54) is 94.0 Å². The molecule has 0 bridgehead atoms. The van der Waals surface area contributed by atoms with Crippen molar-refractivity contribution in [3.05, 3.63) is 191 Å². The van der Waals surface area contributed by atoms with Gasteiger partial charge in [-0.3, -0.25) is 0 Å². The lowest BCUT2D eigenvalue weighted by molar-refractivity contribution is 0.332. The van der Waals surface area contributed by atoms with Crippen LogP contribution in [0.25, 0.3) is 32.0 Å². The van der Waals surface area contributed by atoms with Gasteiger partial charge >= 0.3 is 0 Å². The van der Waals surface area contributed by atoms with Gasteiger partial charge in [-0.05, 0) is 187 Å². The van der Waals surface area contributed by atoms with E-state index < -0.39 is 0 Å². The second kappa shape index (κ2) is 17.3. The van der Waals surface area contributed by atoms with E-state index >= 15 is 0 Å². The van der Waals surface area contributed by atoms with E-state index in [1.54, 1.807) is 0 Å². The zero-order valence-electron chi connectivity index (χ0n) is 49.6. The van der Waals surface area contributed by atoms with Crippen molar-refractivity contribution in [1.29, 1.82) is 0 Å². The molecule has 0 saturated heterocycles. The Balaban J connectivity index is 1.16. The van der Waals surface area contributed by atoms with E-state index in [-0.39, 0.29) is 39.2 Å². The Morgan fingerprint density at radius 1 is 0.463 bits per heavy atom. The minimum atomic E-state index is -0.0619. The number of furan rings is 1. The van der Waals surface area contributed by atoms with Crippen LogP contribution >= 0.6 is 11.3 Å². The molecular weight excluding hydrogens is 990 g/mol. The molecule has 0 atom stereocenters. The highest BCUT2D eigenvalue weighted by molar-refractivity contribution is 7.33. The predicted molar refractivity (Wildman–Crippen MR) is 346 cm³/mol. The van der Waals surface area contributed by atoms with Gasteiger partial charge in [0, 0.05) is 59.8 Å². The van der Waals surface area contributed by atoms with Crippen molar-refractivity contribution in [1.82, 2.24) is 0 Å². The Kier molecular flexibility index (Phi) is 11.0. The highest BCUT2D eigenvalue weighted by Gasteiger charge is 2.49. The zero-order chi connectivity index (χ0) is 55.8. The molecule has 2 aromatic heterocycles. The number of thiophene rings is 1. The van der Waals surface area contributed by atoms with Crippen molar-refractivity contribution in [2.45, 2.75) is 155 Å². The molecule has 2 aliphatic carbocycles. The van der Waals surface area contributed by atoms with Crippen molar-refractivity contribution < 1.29 is 4.42 Å². The number of para-hydroxylation sites is 3. The van der Waals surface area contributed by atoms with E-state index in [0.717, 1.165) is 64.0 Å². The van der Waals surface area contributed by atoms with Crippen LogP contribution in [0.3, 0.4) is 0 Å². The number of hydrogen-bond acceptors (Lipinski definition) is 5. The Morgan fingerprint density at radius 2 is 1.00 bits per heavy atom. The quantitative estimate of drug-likeness (QED) is 0.160. The average Bonchev–Trinajstić information content (AvgIpc) is 1.79.